The molecule has 1 heterocycles. The Balaban J connectivity index is 2.11. The van der Waals surface area contributed by atoms with E-state index in [-0.39, 0.29) is 0 Å². The van der Waals surface area contributed by atoms with Crippen LogP contribution < -0.4 is 10.1 Å². The first-order valence-electron chi connectivity index (χ1n) is 7.41. The van der Waals surface area contributed by atoms with E-state index in [1.807, 2.05) is 0 Å². The van der Waals surface area contributed by atoms with Gasteiger partial charge in [0.2, 0.25) is 0 Å². The van der Waals surface area contributed by atoms with Crippen LogP contribution in [0.5, 0.6) is 5.75 Å². The third kappa shape index (κ3) is 2.43. The van der Waals surface area contributed by atoms with E-state index in [1.54, 1.807) is 0 Å². The highest BCUT2D eigenvalue weighted by Gasteiger charge is 2.29. The Bertz CT molecular complexity index is 486. The third-order valence-electron chi connectivity index (χ3n) is 4.39. The number of hydrogen-bond donors (Lipinski definition) is 1. The largest absolute Gasteiger partial charge is 0.493 e. The van der Waals surface area contributed by atoms with Crippen molar-refractivity contribution in [2.24, 2.45) is 5.92 Å². The molecule has 0 radical (unpaired) electrons. The lowest BCUT2D eigenvalue weighted by molar-refractivity contribution is 0.352. The number of nitrogens with one attached hydrogen (secondary N) is 1. The minimum atomic E-state index is 0.460. The van der Waals surface area contributed by atoms with Crippen molar-refractivity contribution in [3.8, 4) is 5.75 Å². The molecule has 0 fully saturated rings. The van der Waals surface area contributed by atoms with Gasteiger partial charge >= 0.3 is 0 Å². The van der Waals surface area contributed by atoms with E-state index >= 15 is 0 Å². The second-order valence-corrected chi connectivity index (χ2v) is 6.68. The summed E-state index contributed by atoms with van der Waals surface area (Å²) in [6, 6.07) is 2.74. The standard InChI is InChI=1S/C16H22BrNO/c1-3-18-14-8-10(2)4-5-12-15(14)13(17)9-11-6-7-19-16(11)12/h9-10,14,18H,3-8H2,1-2H3. The van der Waals surface area contributed by atoms with E-state index in [9.17, 15) is 0 Å². The molecule has 3 heteroatoms. The van der Waals surface area contributed by atoms with E-state index in [0.29, 0.717) is 6.04 Å². The predicted octanol–water partition coefficient (Wildman–Crippen LogP) is 4.01. The number of rotatable bonds is 2. The summed E-state index contributed by atoms with van der Waals surface area (Å²) in [5, 5.41) is 3.66. The number of benzene rings is 1. The zero-order chi connectivity index (χ0) is 13.4. The fourth-order valence-electron chi connectivity index (χ4n) is 3.47. The highest BCUT2D eigenvalue weighted by Crippen LogP contribution is 2.44. The van der Waals surface area contributed by atoms with Gasteiger partial charge in [0.15, 0.2) is 0 Å². The van der Waals surface area contributed by atoms with Gasteiger partial charge in [0.1, 0.15) is 5.75 Å². The average Bonchev–Trinajstić information content (AvgIpc) is 2.76. The Hall–Kier alpha value is -0.540. The molecule has 2 aliphatic rings. The zero-order valence-electron chi connectivity index (χ0n) is 11.8. The second-order valence-electron chi connectivity index (χ2n) is 5.83. The molecule has 2 atom stereocenters. The van der Waals surface area contributed by atoms with Crippen molar-refractivity contribution in [1.29, 1.82) is 0 Å². The molecule has 3 rings (SSSR count). The fraction of sp³-hybridized carbons (Fsp3) is 0.625. The molecule has 0 bridgehead atoms. The van der Waals surface area contributed by atoms with Crippen molar-refractivity contribution in [2.45, 2.75) is 45.6 Å². The van der Waals surface area contributed by atoms with Crippen LogP contribution in [0, 0.1) is 5.92 Å². The van der Waals surface area contributed by atoms with Gasteiger partial charge in [-0.2, -0.15) is 0 Å². The average molecular weight is 324 g/mol. The summed E-state index contributed by atoms with van der Waals surface area (Å²) >= 11 is 3.81. The summed E-state index contributed by atoms with van der Waals surface area (Å²) in [6.07, 6.45) is 4.70. The lowest BCUT2D eigenvalue weighted by Gasteiger charge is -2.23. The third-order valence-corrected chi connectivity index (χ3v) is 5.05. The molecule has 1 aromatic carbocycles. The van der Waals surface area contributed by atoms with Gasteiger partial charge in [-0.05, 0) is 48.9 Å². The van der Waals surface area contributed by atoms with Crippen LogP contribution in [0.4, 0.5) is 0 Å². The van der Waals surface area contributed by atoms with Gasteiger partial charge in [0.25, 0.3) is 0 Å². The molecule has 19 heavy (non-hydrogen) atoms. The quantitative estimate of drug-likeness (QED) is 0.830. The van der Waals surface area contributed by atoms with Crippen LogP contribution >= 0.6 is 15.9 Å². The summed E-state index contributed by atoms with van der Waals surface area (Å²) in [5.74, 6) is 1.95. The topological polar surface area (TPSA) is 21.3 Å². The Kier molecular flexibility index (Phi) is 3.86. The van der Waals surface area contributed by atoms with Crippen molar-refractivity contribution in [1.82, 2.24) is 5.32 Å². The molecule has 1 aromatic rings. The predicted molar refractivity (Wildman–Crippen MR) is 81.9 cm³/mol. The first-order chi connectivity index (χ1) is 9.20. The van der Waals surface area contributed by atoms with Gasteiger partial charge < -0.3 is 10.1 Å². The molecule has 0 spiro atoms. The first kappa shape index (κ1) is 13.4. The van der Waals surface area contributed by atoms with Crippen LogP contribution in [-0.4, -0.2) is 13.2 Å². The number of fused-ring (bicyclic) bond motifs is 3. The van der Waals surface area contributed by atoms with E-state index in [0.717, 1.165) is 31.9 Å². The van der Waals surface area contributed by atoms with E-state index in [2.05, 4.69) is 41.2 Å². The van der Waals surface area contributed by atoms with E-state index in [1.165, 1.54) is 39.8 Å². The van der Waals surface area contributed by atoms with Crippen molar-refractivity contribution in [2.75, 3.05) is 13.2 Å². The lowest BCUT2D eigenvalue weighted by Crippen LogP contribution is -2.23. The molecule has 0 saturated heterocycles. The molecule has 0 amide bonds. The van der Waals surface area contributed by atoms with Crippen molar-refractivity contribution >= 4 is 15.9 Å². The van der Waals surface area contributed by atoms with Gasteiger partial charge in [-0.1, -0.05) is 29.8 Å². The van der Waals surface area contributed by atoms with Crippen molar-refractivity contribution in [3.63, 3.8) is 0 Å². The normalized spacial score (nSPS) is 25.4. The Morgan fingerprint density at radius 2 is 2.26 bits per heavy atom. The number of ether oxygens (including phenoxy) is 1. The van der Waals surface area contributed by atoms with Crippen LogP contribution in [0.25, 0.3) is 0 Å². The highest BCUT2D eigenvalue weighted by atomic mass is 79.9. The summed E-state index contributed by atoms with van der Waals surface area (Å²) in [5.41, 5.74) is 4.29. The lowest BCUT2D eigenvalue weighted by atomic mass is 9.94. The van der Waals surface area contributed by atoms with E-state index < -0.39 is 0 Å². The maximum Gasteiger partial charge on any atom is 0.126 e. The van der Waals surface area contributed by atoms with Crippen LogP contribution in [0.2, 0.25) is 0 Å². The minimum absolute atomic E-state index is 0.460. The molecule has 2 unspecified atom stereocenters. The van der Waals surface area contributed by atoms with Gasteiger partial charge in [0, 0.05) is 22.5 Å². The summed E-state index contributed by atoms with van der Waals surface area (Å²) in [6.45, 7) is 6.42. The molecule has 104 valence electrons. The summed E-state index contributed by atoms with van der Waals surface area (Å²) in [7, 11) is 0. The number of hydrogen-bond acceptors (Lipinski definition) is 2. The minimum Gasteiger partial charge on any atom is -0.493 e. The number of halogens is 1. The molecule has 1 aliphatic heterocycles. The van der Waals surface area contributed by atoms with E-state index in [4.69, 9.17) is 4.74 Å². The highest BCUT2D eigenvalue weighted by molar-refractivity contribution is 9.10. The van der Waals surface area contributed by atoms with Crippen LogP contribution in [0.1, 0.15) is 49.4 Å². The molecule has 2 nitrogen and oxygen atoms in total. The van der Waals surface area contributed by atoms with Crippen molar-refractivity contribution < 1.29 is 4.74 Å². The Morgan fingerprint density at radius 1 is 1.42 bits per heavy atom. The molecule has 0 aromatic heterocycles. The molecular weight excluding hydrogens is 302 g/mol. The summed E-state index contributed by atoms with van der Waals surface area (Å²) < 4.78 is 7.19. The van der Waals surface area contributed by atoms with Gasteiger partial charge in [-0.3, -0.25) is 0 Å². The van der Waals surface area contributed by atoms with Crippen LogP contribution in [-0.2, 0) is 12.8 Å². The van der Waals surface area contributed by atoms with Crippen molar-refractivity contribution in [3.05, 3.63) is 27.2 Å². The van der Waals surface area contributed by atoms with Crippen LogP contribution in [0.15, 0.2) is 10.5 Å². The smallest absolute Gasteiger partial charge is 0.126 e. The van der Waals surface area contributed by atoms with Gasteiger partial charge in [-0.15, -0.1) is 0 Å². The second kappa shape index (κ2) is 5.45. The maximum absolute atomic E-state index is 5.92. The summed E-state index contributed by atoms with van der Waals surface area (Å²) in [4.78, 5) is 0. The SMILES string of the molecule is CCNC1CC(C)CCc2c3c(cc(Br)c21)CCO3. The zero-order valence-corrected chi connectivity index (χ0v) is 13.3. The fourth-order valence-corrected chi connectivity index (χ4v) is 4.26. The molecular formula is C16H22BrNO. The Morgan fingerprint density at radius 3 is 3.05 bits per heavy atom. The van der Waals surface area contributed by atoms with Crippen LogP contribution in [0.3, 0.4) is 0 Å². The monoisotopic (exact) mass is 323 g/mol. The first-order valence-corrected chi connectivity index (χ1v) is 8.20. The molecule has 1 aliphatic carbocycles. The molecule has 1 N–H and O–H groups in total. The Labute approximate surface area is 124 Å². The van der Waals surface area contributed by atoms with Gasteiger partial charge in [-0.25, -0.2) is 0 Å². The van der Waals surface area contributed by atoms with Gasteiger partial charge in [0.05, 0.1) is 6.61 Å². The maximum atomic E-state index is 5.92. The molecule has 0 saturated carbocycles.